The normalized spacial score (nSPS) is 14.4. The van der Waals surface area contributed by atoms with Crippen molar-refractivity contribution in [2.45, 2.75) is 24.3 Å². The van der Waals surface area contributed by atoms with Gasteiger partial charge in [-0.15, -0.1) is 10.2 Å². The number of aryl methyl sites for hydroxylation is 1. The summed E-state index contributed by atoms with van der Waals surface area (Å²) in [5, 5.41) is 10.7. The van der Waals surface area contributed by atoms with Gasteiger partial charge in [-0.1, -0.05) is 41.6 Å². The molecule has 1 atom stereocenters. The molecule has 1 aromatic heterocycles. The van der Waals surface area contributed by atoms with E-state index in [1.807, 2.05) is 49.4 Å². The number of para-hydroxylation sites is 2. The first-order valence-corrected chi connectivity index (χ1v) is 9.66. The van der Waals surface area contributed by atoms with E-state index in [-0.39, 0.29) is 18.4 Å². The molecular weight excluding hydrogens is 376 g/mol. The lowest BCUT2D eigenvalue weighted by Gasteiger charge is -2.30. The summed E-state index contributed by atoms with van der Waals surface area (Å²) in [6.07, 6.45) is 0. The number of anilines is 2. The van der Waals surface area contributed by atoms with Crippen molar-refractivity contribution in [3.63, 3.8) is 0 Å². The van der Waals surface area contributed by atoms with Crippen LogP contribution in [0.25, 0.3) is 11.5 Å². The van der Waals surface area contributed by atoms with E-state index in [2.05, 4.69) is 15.5 Å². The molecule has 0 unspecified atom stereocenters. The van der Waals surface area contributed by atoms with Gasteiger partial charge in [-0.3, -0.25) is 14.5 Å². The van der Waals surface area contributed by atoms with Crippen LogP contribution in [0.1, 0.15) is 12.5 Å². The Morgan fingerprint density at radius 3 is 2.86 bits per heavy atom. The Kier molecular flexibility index (Phi) is 4.87. The fourth-order valence-electron chi connectivity index (χ4n) is 3.00. The highest BCUT2D eigenvalue weighted by Gasteiger charge is 2.31. The number of benzene rings is 2. The number of fused-ring (bicyclic) bond motifs is 1. The second-order valence-corrected chi connectivity index (χ2v) is 7.78. The SMILES string of the molecule is Cc1cccc(-c2nnc(S[C@H](C)C(=O)N3CC(=O)Nc4ccccc43)o2)c1. The van der Waals surface area contributed by atoms with E-state index in [1.54, 1.807) is 13.0 Å². The number of carbonyl (C=O) groups is 2. The van der Waals surface area contributed by atoms with E-state index >= 15 is 0 Å². The summed E-state index contributed by atoms with van der Waals surface area (Å²) >= 11 is 1.18. The summed E-state index contributed by atoms with van der Waals surface area (Å²) < 4.78 is 5.71. The van der Waals surface area contributed by atoms with Gasteiger partial charge < -0.3 is 9.73 Å². The van der Waals surface area contributed by atoms with Gasteiger partial charge in [0.2, 0.25) is 17.7 Å². The van der Waals surface area contributed by atoms with Gasteiger partial charge in [0.05, 0.1) is 16.6 Å². The molecule has 7 nitrogen and oxygen atoms in total. The number of hydrogen-bond acceptors (Lipinski definition) is 6. The van der Waals surface area contributed by atoms with Crippen LogP contribution in [0.15, 0.2) is 58.2 Å². The van der Waals surface area contributed by atoms with E-state index < -0.39 is 5.25 Å². The molecule has 2 aromatic carbocycles. The van der Waals surface area contributed by atoms with E-state index in [0.717, 1.165) is 11.1 Å². The standard InChI is InChI=1S/C20H18N4O3S/c1-12-6-5-7-14(10-12)18-22-23-20(27-18)28-13(2)19(26)24-11-17(25)21-15-8-3-4-9-16(15)24/h3-10,13H,11H2,1-2H3,(H,21,25)/t13-/m1/s1. The van der Waals surface area contributed by atoms with Crippen molar-refractivity contribution in [1.82, 2.24) is 10.2 Å². The van der Waals surface area contributed by atoms with Crippen molar-refractivity contribution in [1.29, 1.82) is 0 Å². The van der Waals surface area contributed by atoms with Crippen molar-refractivity contribution in [3.05, 3.63) is 54.1 Å². The van der Waals surface area contributed by atoms with E-state index in [9.17, 15) is 9.59 Å². The number of nitrogens with zero attached hydrogens (tertiary/aromatic N) is 3. The smallest absolute Gasteiger partial charge is 0.277 e. The summed E-state index contributed by atoms with van der Waals surface area (Å²) in [5.41, 5.74) is 3.24. The lowest BCUT2D eigenvalue weighted by atomic mass is 10.1. The maximum Gasteiger partial charge on any atom is 0.277 e. The minimum absolute atomic E-state index is 0.0148. The van der Waals surface area contributed by atoms with Crippen molar-refractivity contribution in [2.75, 3.05) is 16.8 Å². The molecular formula is C20H18N4O3S. The molecule has 0 bridgehead atoms. The topological polar surface area (TPSA) is 88.3 Å². The third-order valence-corrected chi connectivity index (χ3v) is 5.26. The van der Waals surface area contributed by atoms with Gasteiger partial charge in [-0.25, -0.2) is 0 Å². The molecule has 0 saturated heterocycles. The van der Waals surface area contributed by atoms with E-state index in [4.69, 9.17) is 4.42 Å². The molecule has 8 heteroatoms. The highest BCUT2D eigenvalue weighted by atomic mass is 32.2. The average molecular weight is 394 g/mol. The molecule has 4 rings (SSSR count). The van der Waals surface area contributed by atoms with Gasteiger partial charge in [-0.05, 0) is 38.1 Å². The number of aromatic nitrogens is 2. The fourth-order valence-corrected chi connectivity index (χ4v) is 3.75. The lowest BCUT2D eigenvalue weighted by Crippen LogP contribution is -2.45. The van der Waals surface area contributed by atoms with Gasteiger partial charge >= 0.3 is 0 Å². The van der Waals surface area contributed by atoms with Crippen molar-refractivity contribution < 1.29 is 14.0 Å². The first kappa shape index (κ1) is 18.2. The molecule has 1 N–H and O–H groups in total. The summed E-state index contributed by atoms with van der Waals surface area (Å²) in [6, 6.07) is 15.0. The van der Waals surface area contributed by atoms with Crippen molar-refractivity contribution in [2.24, 2.45) is 0 Å². The van der Waals surface area contributed by atoms with Crippen molar-refractivity contribution in [3.8, 4) is 11.5 Å². The summed E-state index contributed by atoms with van der Waals surface area (Å²) in [7, 11) is 0. The zero-order valence-corrected chi connectivity index (χ0v) is 16.2. The Bertz CT molecular complexity index is 1050. The van der Waals surface area contributed by atoms with Gasteiger partial charge in [0, 0.05) is 5.56 Å². The van der Waals surface area contributed by atoms with Crippen LogP contribution in [0.2, 0.25) is 0 Å². The molecule has 0 saturated carbocycles. The predicted octanol–water partition coefficient (Wildman–Crippen LogP) is 3.51. The quantitative estimate of drug-likeness (QED) is 0.681. The molecule has 2 amide bonds. The molecule has 142 valence electrons. The molecule has 1 aliphatic rings. The number of carbonyl (C=O) groups excluding carboxylic acids is 2. The van der Waals surface area contributed by atoms with Crippen LogP contribution in [0.3, 0.4) is 0 Å². The number of hydrogen-bond donors (Lipinski definition) is 1. The van der Waals surface area contributed by atoms with Gasteiger partial charge in [0.1, 0.15) is 6.54 Å². The number of rotatable bonds is 4. The van der Waals surface area contributed by atoms with Crippen LogP contribution >= 0.6 is 11.8 Å². The lowest BCUT2D eigenvalue weighted by molar-refractivity contribution is -0.121. The summed E-state index contributed by atoms with van der Waals surface area (Å²) in [4.78, 5) is 26.4. The Morgan fingerprint density at radius 2 is 2.04 bits per heavy atom. The Balaban J connectivity index is 1.51. The van der Waals surface area contributed by atoms with Crippen LogP contribution in [0.4, 0.5) is 11.4 Å². The Labute approximate surface area is 166 Å². The molecule has 28 heavy (non-hydrogen) atoms. The van der Waals surface area contributed by atoms with E-state index in [1.165, 1.54) is 16.7 Å². The molecule has 3 aromatic rings. The van der Waals surface area contributed by atoms with Gasteiger partial charge in [-0.2, -0.15) is 0 Å². The molecule has 0 aliphatic carbocycles. The Morgan fingerprint density at radius 1 is 1.21 bits per heavy atom. The van der Waals surface area contributed by atoms with Crippen molar-refractivity contribution >= 4 is 35.0 Å². The summed E-state index contributed by atoms with van der Waals surface area (Å²) in [6.45, 7) is 3.74. The van der Waals surface area contributed by atoms with Crippen LogP contribution < -0.4 is 10.2 Å². The predicted molar refractivity (Wildman–Crippen MR) is 107 cm³/mol. The zero-order chi connectivity index (χ0) is 19.7. The van der Waals surface area contributed by atoms with Gasteiger partial charge in [0.25, 0.3) is 5.22 Å². The minimum atomic E-state index is -0.496. The third-order valence-electron chi connectivity index (χ3n) is 4.33. The number of nitrogens with one attached hydrogen (secondary N) is 1. The second kappa shape index (κ2) is 7.47. The number of thioether (sulfide) groups is 1. The Hall–Kier alpha value is -3.13. The highest BCUT2D eigenvalue weighted by molar-refractivity contribution is 8.00. The third kappa shape index (κ3) is 3.63. The second-order valence-electron chi connectivity index (χ2n) is 6.49. The molecule has 2 heterocycles. The maximum atomic E-state index is 13.0. The summed E-state index contributed by atoms with van der Waals surface area (Å²) in [5.74, 6) is -0.0000700. The first-order chi connectivity index (χ1) is 13.5. The average Bonchev–Trinajstić information content (AvgIpc) is 3.15. The highest BCUT2D eigenvalue weighted by Crippen LogP contribution is 2.32. The maximum absolute atomic E-state index is 13.0. The first-order valence-electron chi connectivity index (χ1n) is 8.79. The largest absolute Gasteiger partial charge is 0.411 e. The minimum Gasteiger partial charge on any atom is -0.411 e. The van der Waals surface area contributed by atoms with Crippen LogP contribution in [0.5, 0.6) is 0 Å². The molecule has 0 fully saturated rings. The number of amides is 2. The van der Waals surface area contributed by atoms with E-state index in [0.29, 0.717) is 22.5 Å². The van der Waals surface area contributed by atoms with Crippen LogP contribution in [0, 0.1) is 6.92 Å². The monoisotopic (exact) mass is 394 g/mol. The molecule has 0 spiro atoms. The molecule has 0 radical (unpaired) electrons. The van der Waals surface area contributed by atoms with Crippen LogP contribution in [-0.2, 0) is 9.59 Å². The van der Waals surface area contributed by atoms with Gasteiger partial charge in [0.15, 0.2) is 0 Å². The zero-order valence-electron chi connectivity index (χ0n) is 15.4. The molecule has 1 aliphatic heterocycles. The van der Waals surface area contributed by atoms with Crippen LogP contribution in [-0.4, -0.2) is 33.8 Å². The fraction of sp³-hybridized carbons (Fsp3) is 0.200.